The third-order valence-corrected chi connectivity index (χ3v) is 8.60. The van der Waals surface area contributed by atoms with E-state index >= 15 is 0 Å². The molecule has 1 amide bonds. The monoisotopic (exact) mass is 623 g/mol. The number of anilines is 1. The lowest BCUT2D eigenvalue weighted by Gasteiger charge is -2.28. The average molecular weight is 625 g/mol. The first-order valence-corrected chi connectivity index (χ1v) is 14.8. The van der Waals surface area contributed by atoms with Crippen LogP contribution in [-0.2, 0) is 4.79 Å². The molecular weight excluding hydrogens is 594 g/mol. The number of hydrogen-bond donors (Lipinski definition) is 2. The number of halogens is 1. The number of aromatic nitrogens is 2. The van der Waals surface area contributed by atoms with Gasteiger partial charge in [-0.1, -0.05) is 58.4 Å². The van der Waals surface area contributed by atoms with Crippen LogP contribution in [0.15, 0.2) is 102 Å². The molecule has 2 atom stereocenters. The molecule has 1 aliphatic rings. The number of hydrogen-bond acceptors (Lipinski definition) is 3. The largest absolute Gasteiger partial charge is 0.352 e. The first-order chi connectivity index (χ1) is 19.9. The standard InChI is InChI=1S/C33H30BrN5OS/c1-21-20-27(22(2)39(21)25-15-13-24(34)14-16-25)32-31(29-11-5-6-18-35-29)37-33(41)38(32)19-17-30(40)36-28-12-7-9-23-8-3-4-10-26(23)28/h3-16,18,20,31-32H,17,19H2,1-2H3,(H,36,40)(H,37,41)/t31-,32+/m1/s1. The Morgan fingerprint density at radius 2 is 1.76 bits per heavy atom. The van der Waals surface area contributed by atoms with Crippen molar-refractivity contribution in [2.24, 2.45) is 0 Å². The van der Waals surface area contributed by atoms with E-state index in [2.05, 4.69) is 85.2 Å². The molecule has 6 nitrogen and oxygen atoms in total. The topological polar surface area (TPSA) is 62.2 Å². The summed E-state index contributed by atoms with van der Waals surface area (Å²) >= 11 is 9.42. The predicted octanol–water partition coefficient (Wildman–Crippen LogP) is 7.41. The highest BCUT2D eigenvalue weighted by Crippen LogP contribution is 2.41. The van der Waals surface area contributed by atoms with Gasteiger partial charge in [-0.2, -0.15) is 0 Å². The molecule has 0 aliphatic carbocycles. The quantitative estimate of drug-likeness (QED) is 0.185. The summed E-state index contributed by atoms with van der Waals surface area (Å²) in [5, 5.41) is 9.38. The summed E-state index contributed by atoms with van der Waals surface area (Å²) < 4.78 is 3.31. The highest BCUT2D eigenvalue weighted by Gasteiger charge is 2.41. The van der Waals surface area contributed by atoms with Gasteiger partial charge in [-0.05, 0) is 85.5 Å². The fraction of sp³-hybridized carbons (Fsp3) is 0.182. The van der Waals surface area contributed by atoms with Crippen molar-refractivity contribution in [2.45, 2.75) is 32.4 Å². The van der Waals surface area contributed by atoms with Crippen LogP contribution in [0.3, 0.4) is 0 Å². The minimum absolute atomic E-state index is 0.0514. The van der Waals surface area contributed by atoms with Gasteiger partial charge in [0.1, 0.15) is 0 Å². The van der Waals surface area contributed by atoms with Crippen molar-refractivity contribution in [3.05, 3.63) is 124 Å². The minimum atomic E-state index is -0.149. The SMILES string of the molecule is Cc1cc([C@H]2[C@@H](c3ccccn3)NC(=S)N2CCC(=O)Nc2cccc3ccccc23)c(C)n1-c1ccc(Br)cc1. The van der Waals surface area contributed by atoms with Crippen molar-refractivity contribution in [3.8, 4) is 5.69 Å². The van der Waals surface area contributed by atoms with Crippen LogP contribution >= 0.6 is 28.1 Å². The Bertz CT molecular complexity index is 1730. The summed E-state index contributed by atoms with van der Waals surface area (Å²) in [7, 11) is 0. The van der Waals surface area contributed by atoms with Gasteiger partial charge in [0, 0.05) is 51.8 Å². The normalized spacial score (nSPS) is 16.7. The van der Waals surface area contributed by atoms with Gasteiger partial charge >= 0.3 is 0 Å². The van der Waals surface area contributed by atoms with Crippen LogP contribution in [0.2, 0.25) is 0 Å². The number of nitrogens with zero attached hydrogens (tertiary/aromatic N) is 3. The summed E-state index contributed by atoms with van der Waals surface area (Å²) in [5.74, 6) is -0.0514. The predicted molar refractivity (Wildman–Crippen MR) is 172 cm³/mol. The molecule has 8 heteroatoms. The van der Waals surface area contributed by atoms with Crippen LogP contribution < -0.4 is 10.6 Å². The maximum atomic E-state index is 13.2. The van der Waals surface area contributed by atoms with E-state index < -0.39 is 0 Å². The van der Waals surface area contributed by atoms with Gasteiger partial charge in [0.2, 0.25) is 5.91 Å². The molecule has 3 aromatic carbocycles. The average Bonchev–Trinajstić information content (AvgIpc) is 3.47. The zero-order valence-corrected chi connectivity index (χ0v) is 25.2. The molecule has 2 N–H and O–H groups in total. The molecule has 0 saturated carbocycles. The number of rotatable bonds is 7. The van der Waals surface area contributed by atoms with Gasteiger partial charge in [-0.15, -0.1) is 0 Å². The van der Waals surface area contributed by atoms with Crippen molar-refractivity contribution >= 4 is 55.6 Å². The van der Waals surface area contributed by atoms with Crippen LogP contribution in [0.5, 0.6) is 0 Å². The molecule has 0 radical (unpaired) electrons. The first-order valence-electron chi connectivity index (χ1n) is 13.6. The fourth-order valence-corrected chi connectivity index (χ4v) is 6.42. The summed E-state index contributed by atoms with van der Waals surface area (Å²) in [6.07, 6.45) is 2.10. The number of benzene rings is 3. The number of fused-ring (bicyclic) bond motifs is 1. The van der Waals surface area contributed by atoms with E-state index in [1.54, 1.807) is 0 Å². The number of nitrogens with one attached hydrogen (secondary N) is 2. The van der Waals surface area contributed by atoms with E-state index in [-0.39, 0.29) is 18.0 Å². The molecule has 6 rings (SSSR count). The molecule has 3 heterocycles. The van der Waals surface area contributed by atoms with Crippen LogP contribution in [0.1, 0.15) is 41.1 Å². The van der Waals surface area contributed by atoms with E-state index in [1.165, 1.54) is 0 Å². The van der Waals surface area contributed by atoms with E-state index in [4.69, 9.17) is 12.2 Å². The molecule has 1 aliphatic heterocycles. The maximum absolute atomic E-state index is 13.2. The lowest BCUT2D eigenvalue weighted by molar-refractivity contribution is -0.116. The number of carbonyl (C=O) groups is 1. The van der Waals surface area contributed by atoms with Crippen molar-refractivity contribution < 1.29 is 4.79 Å². The molecule has 0 bridgehead atoms. The summed E-state index contributed by atoms with van der Waals surface area (Å²) in [5.41, 5.74) is 6.24. The Labute approximate surface area is 253 Å². The molecule has 5 aromatic rings. The second-order valence-electron chi connectivity index (χ2n) is 10.3. The van der Waals surface area contributed by atoms with Crippen LogP contribution in [0, 0.1) is 13.8 Å². The maximum Gasteiger partial charge on any atom is 0.226 e. The van der Waals surface area contributed by atoms with Gasteiger partial charge in [0.05, 0.1) is 17.8 Å². The number of pyridine rings is 1. The molecular formula is C33H30BrN5OS. The number of carbonyl (C=O) groups excluding carboxylic acids is 1. The van der Waals surface area contributed by atoms with Crippen LogP contribution in [0.4, 0.5) is 5.69 Å². The second kappa shape index (κ2) is 11.5. The third-order valence-electron chi connectivity index (χ3n) is 7.72. The number of amides is 1. The minimum Gasteiger partial charge on any atom is -0.352 e. The Kier molecular flexibility index (Phi) is 7.60. The summed E-state index contributed by atoms with van der Waals surface area (Å²) in [6.45, 7) is 4.74. The molecule has 1 fully saturated rings. The number of aryl methyl sites for hydroxylation is 1. The Morgan fingerprint density at radius 1 is 1.00 bits per heavy atom. The van der Waals surface area contributed by atoms with E-state index in [0.717, 1.165) is 49.3 Å². The van der Waals surface area contributed by atoms with E-state index in [1.807, 2.05) is 66.9 Å². The van der Waals surface area contributed by atoms with Crippen LogP contribution in [0.25, 0.3) is 16.5 Å². The Hall–Kier alpha value is -4.01. The fourth-order valence-electron chi connectivity index (χ4n) is 5.83. The van der Waals surface area contributed by atoms with Crippen molar-refractivity contribution in [2.75, 3.05) is 11.9 Å². The van der Waals surface area contributed by atoms with Crippen molar-refractivity contribution in [3.63, 3.8) is 0 Å². The smallest absolute Gasteiger partial charge is 0.226 e. The zero-order chi connectivity index (χ0) is 28.5. The van der Waals surface area contributed by atoms with Gasteiger partial charge in [0.15, 0.2) is 5.11 Å². The van der Waals surface area contributed by atoms with E-state index in [0.29, 0.717) is 18.1 Å². The Morgan fingerprint density at radius 3 is 2.54 bits per heavy atom. The molecule has 41 heavy (non-hydrogen) atoms. The van der Waals surface area contributed by atoms with Gasteiger partial charge in [-0.25, -0.2) is 0 Å². The number of thiocarbonyl (C=S) groups is 1. The van der Waals surface area contributed by atoms with Gasteiger partial charge in [0.25, 0.3) is 0 Å². The third kappa shape index (κ3) is 5.37. The highest BCUT2D eigenvalue weighted by atomic mass is 79.9. The second-order valence-corrected chi connectivity index (χ2v) is 11.6. The summed E-state index contributed by atoms with van der Waals surface area (Å²) in [4.78, 5) is 20.0. The van der Waals surface area contributed by atoms with Crippen LogP contribution in [-0.4, -0.2) is 32.0 Å². The zero-order valence-electron chi connectivity index (χ0n) is 22.8. The van der Waals surface area contributed by atoms with Crippen molar-refractivity contribution in [1.29, 1.82) is 0 Å². The Balaban J connectivity index is 1.31. The lowest BCUT2D eigenvalue weighted by Crippen LogP contribution is -2.33. The lowest BCUT2D eigenvalue weighted by atomic mass is 9.96. The molecule has 206 valence electrons. The first kappa shape index (κ1) is 27.2. The van der Waals surface area contributed by atoms with Crippen molar-refractivity contribution in [1.82, 2.24) is 19.8 Å². The molecule has 2 aromatic heterocycles. The van der Waals surface area contributed by atoms with Gasteiger partial charge < -0.3 is 20.1 Å². The molecule has 0 spiro atoms. The summed E-state index contributed by atoms with van der Waals surface area (Å²) in [6, 6.07) is 30.2. The van der Waals surface area contributed by atoms with Gasteiger partial charge in [-0.3, -0.25) is 9.78 Å². The molecule has 1 saturated heterocycles. The highest BCUT2D eigenvalue weighted by molar-refractivity contribution is 9.10. The van der Waals surface area contributed by atoms with E-state index in [9.17, 15) is 4.79 Å². The molecule has 0 unspecified atom stereocenters.